The second-order valence-electron chi connectivity index (χ2n) is 4.51. The van der Waals surface area contributed by atoms with Crippen molar-refractivity contribution in [2.45, 2.75) is 11.8 Å². The lowest BCUT2D eigenvalue weighted by Crippen LogP contribution is -2.30. The van der Waals surface area contributed by atoms with Gasteiger partial charge >= 0.3 is 0 Å². The maximum Gasteiger partial charge on any atom is 0.265 e. The van der Waals surface area contributed by atoms with Gasteiger partial charge in [-0.3, -0.25) is 9.59 Å². The Bertz CT molecular complexity index is 801. The van der Waals surface area contributed by atoms with Gasteiger partial charge in [0.15, 0.2) is 0 Å². The fourth-order valence-corrected chi connectivity index (χ4v) is 2.78. The molecule has 0 radical (unpaired) electrons. The van der Waals surface area contributed by atoms with Crippen LogP contribution in [0.25, 0.3) is 0 Å². The van der Waals surface area contributed by atoms with Gasteiger partial charge in [0.2, 0.25) is 5.91 Å². The normalized spacial score (nSPS) is 10.8. The predicted octanol–water partition coefficient (Wildman–Crippen LogP) is 1.76. The van der Waals surface area contributed by atoms with Gasteiger partial charge in [0.25, 0.3) is 15.9 Å². The number of hydrogen-bond acceptors (Lipinski definition) is 4. The van der Waals surface area contributed by atoms with E-state index in [4.69, 9.17) is 0 Å². The SMILES string of the molecule is CC(=O)Nc1cccc(C(=O)NS(=O)(=O)c2ccccc2)c1. The minimum absolute atomic E-state index is 0.00126. The average molecular weight is 318 g/mol. The molecule has 7 heteroatoms. The summed E-state index contributed by atoms with van der Waals surface area (Å²) in [4.78, 5) is 23.1. The second-order valence-corrected chi connectivity index (χ2v) is 6.19. The Kier molecular flexibility index (Phi) is 4.57. The van der Waals surface area contributed by atoms with E-state index in [1.54, 1.807) is 30.3 Å². The summed E-state index contributed by atoms with van der Waals surface area (Å²) in [5.41, 5.74) is 0.544. The molecule has 6 nitrogen and oxygen atoms in total. The second kappa shape index (κ2) is 6.40. The van der Waals surface area contributed by atoms with Crippen molar-refractivity contribution in [3.63, 3.8) is 0 Å². The highest BCUT2D eigenvalue weighted by Crippen LogP contribution is 2.12. The van der Waals surface area contributed by atoms with E-state index in [0.29, 0.717) is 5.69 Å². The van der Waals surface area contributed by atoms with E-state index in [1.807, 2.05) is 4.72 Å². The zero-order valence-corrected chi connectivity index (χ0v) is 12.6. The number of anilines is 1. The standard InChI is InChI=1S/C15H14N2O4S/c1-11(18)16-13-7-5-6-12(10-13)15(19)17-22(20,21)14-8-3-2-4-9-14/h2-10H,1H3,(H,16,18)(H,17,19). The molecule has 0 unspecified atom stereocenters. The molecule has 2 rings (SSSR count). The molecule has 0 saturated heterocycles. The van der Waals surface area contributed by atoms with Crippen molar-refractivity contribution in [3.05, 3.63) is 60.2 Å². The van der Waals surface area contributed by atoms with E-state index in [2.05, 4.69) is 5.32 Å². The Balaban J connectivity index is 2.21. The Morgan fingerprint density at radius 2 is 1.64 bits per heavy atom. The monoisotopic (exact) mass is 318 g/mol. The summed E-state index contributed by atoms with van der Waals surface area (Å²) in [5, 5.41) is 2.53. The van der Waals surface area contributed by atoms with Crippen LogP contribution in [0.5, 0.6) is 0 Å². The zero-order valence-electron chi connectivity index (χ0n) is 11.7. The van der Waals surface area contributed by atoms with Gasteiger partial charge in [0.05, 0.1) is 4.90 Å². The molecule has 0 fully saturated rings. The van der Waals surface area contributed by atoms with E-state index < -0.39 is 15.9 Å². The number of amides is 2. The molecule has 2 aromatic rings. The quantitative estimate of drug-likeness (QED) is 0.898. The van der Waals surface area contributed by atoms with Crippen LogP contribution in [0.4, 0.5) is 5.69 Å². The third-order valence-corrected chi connectivity index (χ3v) is 4.07. The highest BCUT2D eigenvalue weighted by molar-refractivity contribution is 7.90. The zero-order chi connectivity index (χ0) is 16.2. The molecule has 114 valence electrons. The van der Waals surface area contributed by atoms with Crippen LogP contribution in [-0.4, -0.2) is 20.2 Å². The first-order chi connectivity index (χ1) is 10.4. The lowest BCUT2D eigenvalue weighted by atomic mass is 10.2. The minimum atomic E-state index is -3.93. The van der Waals surface area contributed by atoms with Crippen LogP contribution in [0, 0.1) is 0 Å². The molecule has 0 spiro atoms. The van der Waals surface area contributed by atoms with Crippen LogP contribution in [0.3, 0.4) is 0 Å². The lowest BCUT2D eigenvalue weighted by molar-refractivity contribution is -0.114. The topological polar surface area (TPSA) is 92.3 Å². The van der Waals surface area contributed by atoms with Gasteiger partial charge in [-0.25, -0.2) is 13.1 Å². The van der Waals surface area contributed by atoms with Crippen molar-refractivity contribution in [1.29, 1.82) is 0 Å². The Morgan fingerprint density at radius 1 is 0.955 bits per heavy atom. The summed E-state index contributed by atoms with van der Waals surface area (Å²) in [7, 11) is -3.93. The van der Waals surface area contributed by atoms with Crippen molar-refractivity contribution < 1.29 is 18.0 Å². The van der Waals surface area contributed by atoms with Gasteiger partial charge in [-0.15, -0.1) is 0 Å². The average Bonchev–Trinajstić information content (AvgIpc) is 2.47. The first kappa shape index (κ1) is 15.7. The summed E-state index contributed by atoms with van der Waals surface area (Å²) >= 11 is 0. The van der Waals surface area contributed by atoms with E-state index in [1.165, 1.54) is 31.2 Å². The number of sulfonamides is 1. The molecule has 0 bridgehead atoms. The molecule has 0 heterocycles. The minimum Gasteiger partial charge on any atom is -0.326 e. The third-order valence-electron chi connectivity index (χ3n) is 2.73. The maximum absolute atomic E-state index is 12.1. The molecule has 0 aliphatic carbocycles. The van der Waals surface area contributed by atoms with Gasteiger partial charge in [-0.2, -0.15) is 0 Å². The van der Waals surface area contributed by atoms with E-state index >= 15 is 0 Å². The largest absolute Gasteiger partial charge is 0.326 e. The molecule has 22 heavy (non-hydrogen) atoms. The van der Waals surface area contributed by atoms with Crippen molar-refractivity contribution >= 4 is 27.5 Å². The number of nitrogens with one attached hydrogen (secondary N) is 2. The molecule has 2 N–H and O–H groups in total. The Hall–Kier alpha value is -2.67. The number of carbonyl (C=O) groups is 2. The van der Waals surface area contributed by atoms with Crippen LogP contribution in [0.1, 0.15) is 17.3 Å². The van der Waals surface area contributed by atoms with Crippen LogP contribution >= 0.6 is 0 Å². The summed E-state index contributed by atoms with van der Waals surface area (Å²) in [5.74, 6) is -1.05. The van der Waals surface area contributed by atoms with Gasteiger partial charge in [-0.1, -0.05) is 24.3 Å². The van der Waals surface area contributed by atoms with E-state index in [9.17, 15) is 18.0 Å². The van der Waals surface area contributed by atoms with Crippen molar-refractivity contribution in [3.8, 4) is 0 Å². The lowest BCUT2D eigenvalue weighted by Gasteiger charge is -2.08. The number of rotatable bonds is 4. The fraction of sp³-hybridized carbons (Fsp3) is 0.0667. The Labute approximate surface area is 128 Å². The van der Waals surface area contributed by atoms with Crippen molar-refractivity contribution in [1.82, 2.24) is 4.72 Å². The van der Waals surface area contributed by atoms with Crippen LogP contribution in [-0.2, 0) is 14.8 Å². The van der Waals surface area contributed by atoms with Crippen LogP contribution in [0.15, 0.2) is 59.5 Å². The van der Waals surface area contributed by atoms with Crippen LogP contribution in [0.2, 0.25) is 0 Å². The third kappa shape index (κ3) is 3.92. The van der Waals surface area contributed by atoms with Crippen LogP contribution < -0.4 is 10.0 Å². The summed E-state index contributed by atoms with van der Waals surface area (Å²) in [6.45, 7) is 1.34. The molecule has 2 aromatic carbocycles. The number of carbonyl (C=O) groups excluding carboxylic acids is 2. The molecule has 0 aromatic heterocycles. The molecular weight excluding hydrogens is 304 g/mol. The Morgan fingerprint density at radius 3 is 2.27 bits per heavy atom. The summed E-state index contributed by atoms with van der Waals surface area (Å²) in [6, 6.07) is 13.6. The molecular formula is C15H14N2O4S. The van der Waals surface area contributed by atoms with Gasteiger partial charge < -0.3 is 5.32 Å². The molecule has 0 saturated carbocycles. The van der Waals surface area contributed by atoms with Gasteiger partial charge in [0.1, 0.15) is 0 Å². The number of hydrogen-bond donors (Lipinski definition) is 2. The van der Waals surface area contributed by atoms with Crippen molar-refractivity contribution in [2.75, 3.05) is 5.32 Å². The van der Waals surface area contributed by atoms with Crippen molar-refractivity contribution in [2.24, 2.45) is 0 Å². The maximum atomic E-state index is 12.1. The first-order valence-electron chi connectivity index (χ1n) is 6.38. The van der Waals surface area contributed by atoms with Gasteiger partial charge in [-0.05, 0) is 30.3 Å². The highest BCUT2D eigenvalue weighted by atomic mass is 32.2. The highest BCUT2D eigenvalue weighted by Gasteiger charge is 2.18. The summed E-state index contributed by atoms with van der Waals surface area (Å²) in [6.07, 6.45) is 0. The molecule has 0 atom stereocenters. The molecule has 0 aliphatic rings. The fourth-order valence-electron chi connectivity index (χ4n) is 1.78. The molecule has 0 aliphatic heterocycles. The molecule has 2 amide bonds. The summed E-state index contributed by atoms with van der Waals surface area (Å²) < 4.78 is 26.1. The first-order valence-corrected chi connectivity index (χ1v) is 7.87. The predicted molar refractivity (Wildman–Crippen MR) is 81.8 cm³/mol. The van der Waals surface area contributed by atoms with E-state index in [-0.39, 0.29) is 16.4 Å². The number of benzene rings is 2. The van der Waals surface area contributed by atoms with Gasteiger partial charge in [0, 0.05) is 18.2 Å². The van der Waals surface area contributed by atoms with E-state index in [0.717, 1.165) is 0 Å². The smallest absolute Gasteiger partial charge is 0.265 e.